The maximum Gasteiger partial charge on any atom is 0.247 e. The molecule has 2 aliphatic rings. The minimum atomic E-state index is 0.0831. The number of rotatable bonds is 5. The van der Waals surface area contributed by atoms with E-state index >= 15 is 0 Å². The van der Waals surface area contributed by atoms with Gasteiger partial charge in [-0.2, -0.15) is 20.0 Å². The van der Waals surface area contributed by atoms with Gasteiger partial charge in [0.05, 0.1) is 46.9 Å². The van der Waals surface area contributed by atoms with Gasteiger partial charge in [-0.1, -0.05) is 11.6 Å². The molecule has 4 heterocycles. The summed E-state index contributed by atoms with van der Waals surface area (Å²) in [5.74, 6) is 0.710. The number of halogens is 1. The fourth-order valence-corrected chi connectivity index (χ4v) is 4.99. The topological polar surface area (TPSA) is 130 Å². The molecule has 1 aromatic carbocycles. The molecule has 12 heteroatoms. The summed E-state index contributed by atoms with van der Waals surface area (Å²) in [6.07, 6.45) is 2.48. The van der Waals surface area contributed by atoms with Gasteiger partial charge in [0.2, 0.25) is 5.95 Å². The second kappa shape index (κ2) is 9.55. The average molecular weight is 493 g/mol. The number of nitriles is 2. The highest BCUT2D eigenvalue weighted by molar-refractivity contribution is 6.36. The number of likely N-dealkylation sites (N-methyl/N-ethyl adjacent to an activating group) is 1. The van der Waals surface area contributed by atoms with Crippen LogP contribution in [0.1, 0.15) is 24.6 Å². The molecule has 0 saturated carbocycles. The lowest BCUT2D eigenvalue weighted by Gasteiger charge is -2.46. The van der Waals surface area contributed by atoms with Crippen LogP contribution < -0.4 is 15.5 Å². The van der Waals surface area contributed by atoms with Crippen molar-refractivity contribution in [3.8, 4) is 12.1 Å². The normalized spacial score (nSPS) is 20.2. The van der Waals surface area contributed by atoms with Crippen LogP contribution >= 0.6 is 11.6 Å². The zero-order valence-corrected chi connectivity index (χ0v) is 20.2. The van der Waals surface area contributed by atoms with Crippen LogP contribution in [0.3, 0.4) is 0 Å². The molecule has 0 amide bonds. The lowest BCUT2D eigenvalue weighted by atomic mass is 9.98. The third-order valence-corrected chi connectivity index (χ3v) is 6.85. The summed E-state index contributed by atoms with van der Waals surface area (Å²) in [5, 5.41) is 30.3. The van der Waals surface area contributed by atoms with E-state index in [1.807, 2.05) is 6.92 Å². The first-order chi connectivity index (χ1) is 17.0. The largest absolute Gasteiger partial charge is 0.373 e. The van der Waals surface area contributed by atoms with Crippen LogP contribution in [-0.4, -0.2) is 76.5 Å². The fraction of sp³-hybridized carbons (Fsp3) is 0.435. The number of hydrogen-bond acceptors (Lipinski definition) is 10. The van der Waals surface area contributed by atoms with Crippen LogP contribution in [0.25, 0.3) is 5.65 Å². The minimum Gasteiger partial charge on any atom is -0.373 e. The molecule has 2 aliphatic heterocycles. The Morgan fingerprint density at radius 3 is 2.89 bits per heavy atom. The van der Waals surface area contributed by atoms with Crippen LogP contribution in [0.15, 0.2) is 18.3 Å². The molecule has 2 N–H and O–H groups in total. The lowest BCUT2D eigenvalue weighted by molar-refractivity contribution is -0.0664. The van der Waals surface area contributed by atoms with E-state index in [4.69, 9.17) is 16.3 Å². The second-order valence-corrected chi connectivity index (χ2v) is 8.97. The molecule has 0 radical (unpaired) electrons. The molecular weight excluding hydrogens is 468 g/mol. The van der Waals surface area contributed by atoms with Crippen LogP contribution in [0.2, 0.25) is 5.02 Å². The third-order valence-electron chi connectivity index (χ3n) is 6.46. The van der Waals surface area contributed by atoms with E-state index in [1.54, 1.807) is 12.1 Å². The number of imidazole rings is 1. The number of piperidine rings is 1. The van der Waals surface area contributed by atoms with Gasteiger partial charge < -0.3 is 20.3 Å². The first-order valence-electron chi connectivity index (χ1n) is 11.5. The van der Waals surface area contributed by atoms with Crippen molar-refractivity contribution in [3.05, 3.63) is 34.6 Å². The summed E-state index contributed by atoms with van der Waals surface area (Å²) in [6, 6.07) is 8.16. The first-order valence-corrected chi connectivity index (χ1v) is 11.9. The van der Waals surface area contributed by atoms with Crippen LogP contribution in [0.4, 0.5) is 23.1 Å². The number of fused-ring (bicyclic) bond motifs is 2. The number of benzene rings is 1. The van der Waals surface area contributed by atoms with Crippen molar-refractivity contribution in [3.63, 3.8) is 0 Å². The van der Waals surface area contributed by atoms with Crippen molar-refractivity contribution in [2.24, 2.45) is 0 Å². The van der Waals surface area contributed by atoms with Gasteiger partial charge in [0.25, 0.3) is 0 Å². The third kappa shape index (κ3) is 4.30. The van der Waals surface area contributed by atoms with E-state index in [9.17, 15) is 10.5 Å². The van der Waals surface area contributed by atoms with Gasteiger partial charge in [0.1, 0.15) is 6.07 Å². The Hall–Kier alpha value is -3.64. The number of nitrogens with zero attached hydrogens (tertiary/aromatic N) is 8. The van der Waals surface area contributed by atoms with Crippen LogP contribution in [0, 0.1) is 22.7 Å². The van der Waals surface area contributed by atoms with Crippen LogP contribution in [-0.2, 0) is 4.74 Å². The van der Waals surface area contributed by atoms with Crippen molar-refractivity contribution < 1.29 is 4.74 Å². The van der Waals surface area contributed by atoms with E-state index in [1.165, 1.54) is 10.7 Å². The highest BCUT2D eigenvalue weighted by Crippen LogP contribution is 2.38. The Morgan fingerprint density at radius 1 is 1.26 bits per heavy atom. The molecule has 2 saturated heterocycles. The van der Waals surface area contributed by atoms with Gasteiger partial charge in [-0.25, -0.2) is 4.98 Å². The van der Waals surface area contributed by atoms with E-state index in [2.05, 4.69) is 54.7 Å². The number of anilines is 4. The number of morpholine rings is 1. The standard InChI is InChI=1S/C23H25ClN10O/c1-3-27-21-22-28-12-15(11-26)34(22)31-23(30-21)29-16-8-14(10-25)9-18(20(16)24)33-5-4-17-19(13-33)35-7-6-32(17)2/h8-9,12,17,19H,3-7,13H2,1-2H3,(H2,27,29,30,31)/t17-,19-/m1/s1. The Morgan fingerprint density at radius 2 is 2.11 bits per heavy atom. The van der Waals surface area contributed by atoms with Gasteiger partial charge in [-0.3, -0.25) is 4.90 Å². The summed E-state index contributed by atoms with van der Waals surface area (Å²) in [5.41, 5.74) is 2.46. The number of hydrogen-bond donors (Lipinski definition) is 2. The van der Waals surface area contributed by atoms with Gasteiger partial charge >= 0.3 is 0 Å². The molecule has 0 bridgehead atoms. The van der Waals surface area contributed by atoms with Gasteiger partial charge in [-0.15, -0.1) is 5.10 Å². The van der Waals surface area contributed by atoms with E-state index in [0.717, 1.165) is 25.2 Å². The zero-order valence-electron chi connectivity index (χ0n) is 19.5. The predicted octanol–water partition coefficient (Wildman–Crippen LogP) is 2.61. The SMILES string of the molecule is CCNc1nc(Nc2cc(C#N)cc(N3CC[C@@H]4[C@@H](C3)OCCN4C)c2Cl)nn2c(C#N)cnc12. The Bertz CT molecular complexity index is 1340. The molecule has 5 rings (SSSR count). The van der Waals surface area contributed by atoms with Crippen molar-refractivity contribution in [1.82, 2.24) is 24.5 Å². The molecule has 180 valence electrons. The fourth-order valence-electron chi connectivity index (χ4n) is 4.72. The van der Waals surface area contributed by atoms with Gasteiger partial charge in [0.15, 0.2) is 17.2 Å². The number of aromatic nitrogens is 4. The van der Waals surface area contributed by atoms with E-state index < -0.39 is 0 Å². The van der Waals surface area contributed by atoms with Crippen molar-refractivity contribution in [1.29, 1.82) is 10.5 Å². The molecule has 11 nitrogen and oxygen atoms in total. The molecule has 0 spiro atoms. The summed E-state index contributed by atoms with van der Waals surface area (Å²) in [4.78, 5) is 13.3. The summed E-state index contributed by atoms with van der Waals surface area (Å²) >= 11 is 6.87. The van der Waals surface area contributed by atoms with Crippen LogP contribution in [0.5, 0.6) is 0 Å². The molecule has 0 aliphatic carbocycles. The number of ether oxygens (including phenoxy) is 1. The monoisotopic (exact) mass is 492 g/mol. The van der Waals surface area contributed by atoms with Gasteiger partial charge in [-0.05, 0) is 32.5 Å². The highest BCUT2D eigenvalue weighted by atomic mass is 35.5. The Kier molecular flexibility index (Phi) is 6.31. The summed E-state index contributed by atoms with van der Waals surface area (Å²) in [7, 11) is 2.14. The van der Waals surface area contributed by atoms with Crippen molar-refractivity contribution in [2.75, 3.05) is 55.4 Å². The Labute approximate surface area is 207 Å². The van der Waals surface area contributed by atoms with Gasteiger partial charge in [0, 0.05) is 32.2 Å². The molecule has 2 fully saturated rings. The summed E-state index contributed by atoms with van der Waals surface area (Å²) in [6.45, 7) is 5.69. The predicted molar refractivity (Wildman–Crippen MR) is 132 cm³/mol. The first kappa shape index (κ1) is 23.1. The lowest BCUT2D eigenvalue weighted by Crippen LogP contribution is -2.58. The van der Waals surface area contributed by atoms with Crippen molar-refractivity contribution >= 4 is 40.4 Å². The molecule has 2 atom stereocenters. The highest BCUT2D eigenvalue weighted by Gasteiger charge is 2.36. The van der Waals surface area contributed by atoms with Crippen molar-refractivity contribution in [2.45, 2.75) is 25.5 Å². The number of nitrogens with one attached hydrogen (secondary N) is 2. The average Bonchev–Trinajstić information content (AvgIpc) is 3.28. The second-order valence-electron chi connectivity index (χ2n) is 8.59. The maximum atomic E-state index is 9.70. The van der Waals surface area contributed by atoms with E-state index in [0.29, 0.717) is 53.5 Å². The Balaban J connectivity index is 1.50. The minimum absolute atomic E-state index is 0.0831. The molecule has 0 unspecified atom stereocenters. The van der Waals surface area contributed by atoms with E-state index in [-0.39, 0.29) is 17.7 Å². The molecule has 3 aromatic rings. The quantitative estimate of drug-likeness (QED) is 0.547. The molecule has 2 aromatic heterocycles. The summed E-state index contributed by atoms with van der Waals surface area (Å²) < 4.78 is 7.48. The smallest absolute Gasteiger partial charge is 0.247 e. The molecular formula is C23H25ClN10O. The zero-order chi connectivity index (χ0) is 24.5. The molecule has 35 heavy (non-hydrogen) atoms. The maximum absolute atomic E-state index is 9.70.